The molecule has 1 unspecified atom stereocenters. The van der Waals surface area contributed by atoms with Gasteiger partial charge in [0.1, 0.15) is 5.75 Å². The maximum atomic E-state index is 11.6. The summed E-state index contributed by atoms with van der Waals surface area (Å²) in [5.41, 5.74) is 0.933. The van der Waals surface area contributed by atoms with Crippen LogP contribution in [0.4, 0.5) is 5.69 Å². The Morgan fingerprint density at radius 1 is 1.00 bits per heavy atom. The Labute approximate surface area is 175 Å². The van der Waals surface area contributed by atoms with Crippen LogP contribution in [0.15, 0.2) is 24.3 Å². The van der Waals surface area contributed by atoms with E-state index < -0.39 is 21.9 Å². The summed E-state index contributed by atoms with van der Waals surface area (Å²) in [6, 6.07) is 7.26. The fourth-order valence-corrected chi connectivity index (χ4v) is 4.77. The number of anilines is 1. The number of hydrogen-bond donors (Lipinski definition) is 1. The number of sulfone groups is 1. The summed E-state index contributed by atoms with van der Waals surface area (Å²) in [5.74, 6) is -0.0563. The SMILES string of the molecule is CCCCCCCCCCC(Oc1ccc(N2CCS(=O)(=O)CC2)cc1)C(=O)O. The zero-order chi connectivity index (χ0) is 21.1. The van der Waals surface area contributed by atoms with E-state index in [1.807, 2.05) is 17.0 Å². The first-order chi connectivity index (χ1) is 13.9. The molecule has 1 aromatic carbocycles. The molecule has 1 saturated heterocycles. The van der Waals surface area contributed by atoms with Crippen molar-refractivity contribution < 1.29 is 23.1 Å². The van der Waals surface area contributed by atoms with Gasteiger partial charge in [0.25, 0.3) is 0 Å². The molecule has 0 aliphatic carbocycles. The lowest BCUT2D eigenvalue weighted by atomic mass is 10.1. The summed E-state index contributed by atoms with van der Waals surface area (Å²) >= 11 is 0. The first-order valence-electron chi connectivity index (χ1n) is 10.9. The van der Waals surface area contributed by atoms with Crippen LogP contribution in [0.5, 0.6) is 5.75 Å². The van der Waals surface area contributed by atoms with Crippen molar-refractivity contribution >= 4 is 21.5 Å². The van der Waals surface area contributed by atoms with Gasteiger partial charge in [-0.05, 0) is 37.1 Å². The van der Waals surface area contributed by atoms with Crippen LogP contribution in [0.2, 0.25) is 0 Å². The summed E-state index contributed by atoms with van der Waals surface area (Å²) in [4.78, 5) is 13.6. The van der Waals surface area contributed by atoms with Crippen LogP contribution in [0.1, 0.15) is 64.7 Å². The average Bonchev–Trinajstić information content (AvgIpc) is 2.69. The van der Waals surface area contributed by atoms with Gasteiger partial charge in [-0.25, -0.2) is 13.2 Å². The summed E-state index contributed by atoms with van der Waals surface area (Å²) in [6.45, 7) is 3.18. The standard InChI is InChI=1S/C22H35NO5S/c1-2-3-4-5-6-7-8-9-10-21(22(24)25)28-20-13-11-19(12-14-20)23-15-17-29(26,27)18-16-23/h11-14,21H,2-10,15-18H2,1H3,(H,24,25). The summed E-state index contributed by atoms with van der Waals surface area (Å²) in [7, 11) is -2.91. The fourth-order valence-electron chi connectivity index (χ4n) is 3.57. The number of hydrogen-bond acceptors (Lipinski definition) is 5. The van der Waals surface area contributed by atoms with E-state index in [-0.39, 0.29) is 11.5 Å². The van der Waals surface area contributed by atoms with Gasteiger partial charge in [0.2, 0.25) is 0 Å². The minimum absolute atomic E-state index is 0.172. The molecule has 1 aliphatic heterocycles. The van der Waals surface area contributed by atoms with Gasteiger partial charge in [0.05, 0.1) is 11.5 Å². The van der Waals surface area contributed by atoms with Crippen molar-refractivity contribution in [3.05, 3.63) is 24.3 Å². The first-order valence-corrected chi connectivity index (χ1v) is 12.7. The lowest BCUT2D eigenvalue weighted by molar-refractivity contribution is -0.145. The van der Waals surface area contributed by atoms with Gasteiger partial charge in [-0.15, -0.1) is 0 Å². The molecule has 7 heteroatoms. The largest absolute Gasteiger partial charge is 0.479 e. The maximum Gasteiger partial charge on any atom is 0.344 e. The maximum absolute atomic E-state index is 11.6. The van der Waals surface area contributed by atoms with E-state index in [0.29, 0.717) is 25.3 Å². The molecule has 1 heterocycles. The summed E-state index contributed by atoms with van der Waals surface area (Å²) in [5, 5.41) is 9.45. The molecule has 2 rings (SSSR count). The van der Waals surface area contributed by atoms with E-state index in [1.165, 1.54) is 32.1 Å². The van der Waals surface area contributed by atoms with Gasteiger partial charge in [-0.1, -0.05) is 51.9 Å². The third-order valence-corrected chi connectivity index (χ3v) is 7.03. The van der Waals surface area contributed by atoms with Crippen molar-refractivity contribution in [2.45, 2.75) is 70.8 Å². The van der Waals surface area contributed by atoms with Crippen LogP contribution in [-0.2, 0) is 14.6 Å². The number of carbonyl (C=O) groups is 1. The van der Waals surface area contributed by atoms with Crippen LogP contribution in [0.3, 0.4) is 0 Å². The molecule has 6 nitrogen and oxygen atoms in total. The topological polar surface area (TPSA) is 83.9 Å². The molecule has 0 spiro atoms. The molecule has 0 amide bonds. The molecule has 1 atom stereocenters. The van der Waals surface area contributed by atoms with Gasteiger partial charge in [0, 0.05) is 18.8 Å². The van der Waals surface area contributed by atoms with Crippen LogP contribution in [-0.4, -0.2) is 50.2 Å². The zero-order valence-electron chi connectivity index (χ0n) is 17.5. The van der Waals surface area contributed by atoms with Crippen molar-refractivity contribution in [1.82, 2.24) is 0 Å². The minimum Gasteiger partial charge on any atom is -0.479 e. The predicted octanol–water partition coefficient (Wildman–Crippen LogP) is 4.28. The van der Waals surface area contributed by atoms with E-state index in [0.717, 1.165) is 24.9 Å². The smallest absolute Gasteiger partial charge is 0.344 e. The molecule has 0 radical (unpaired) electrons. The summed E-state index contributed by atoms with van der Waals surface area (Å²) < 4.78 is 28.8. The molecule has 0 saturated carbocycles. The number of carboxylic acids is 1. The van der Waals surface area contributed by atoms with Crippen LogP contribution < -0.4 is 9.64 Å². The van der Waals surface area contributed by atoms with Crippen molar-refractivity contribution in [3.63, 3.8) is 0 Å². The number of carboxylic acid groups (broad SMARTS) is 1. The molecule has 1 aromatic rings. The number of nitrogens with zero attached hydrogens (tertiary/aromatic N) is 1. The highest BCUT2D eigenvalue weighted by Crippen LogP contribution is 2.23. The third kappa shape index (κ3) is 8.64. The van der Waals surface area contributed by atoms with E-state index in [2.05, 4.69) is 6.92 Å². The highest BCUT2D eigenvalue weighted by Gasteiger charge is 2.22. The highest BCUT2D eigenvalue weighted by molar-refractivity contribution is 7.91. The number of rotatable bonds is 13. The molecule has 1 aliphatic rings. The van der Waals surface area contributed by atoms with Crippen LogP contribution >= 0.6 is 0 Å². The normalized spacial score (nSPS) is 17.1. The number of benzene rings is 1. The number of aliphatic carboxylic acids is 1. The van der Waals surface area contributed by atoms with Crippen LogP contribution in [0.25, 0.3) is 0 Å². The number of ether oxygens (including phenoxy) is 1. The average molecular weight is 426 g/mol. The van der Waals surface area contributed by atoms with Gasteiger partial charge >= 0.3 is 5.97 Å². The Hall–Kier alpha value is -1.76. The Balaban J connectivity index is 1.75. The molecule has 0 bridgehead atoms. The highest BCUT2D eigenvalue weighted by atomic mass is 32.2. The monoisotopic (exact) mass is 425 g/mol. The van der Waals surface area contributed by atoms with Crippen molar-refractivity contribution in [2.24, 2.45) is 0 Å². The second-order valence-corrected chi connectivity index (χ2v) is 10.1. The third-order valence-electron chi connectivity index (χ3n) is 5.42. The molecular formula is C22H35NO5S. The lowest BCUT2D eigenvalue weighted by Gasteiger charge is -2.28. The molecule has 0 aromatic heterocycles. The predicted molar refractivity (Wildman–Crippen MR) is 117 cm³/mol. The molecule has 29 heavy (non-hydrogen) atoms. The van der Waals surface area contributed by atoms with Gasteiger partial charge in [0.15, 0.2) is 15.9 Å². The molecule has 1 N–H and O–H groups in total. The summed E-state index contributed by atoms with van der Waals surface area (Å²) in [6.07, 6.45) is 9.04. The van der Waals surface area contributed by atoms with Gasteiger partial charge < -0.3 is 14.7 Å². The Kier molecular flexibility index (Phi) is 9.78. The molecule has 164 valence electrons. The quantitative estimate of drug-likeness (QED) is 0.475. The van der Waals surface area contributed by atoms with Gasteiger partial charge in [-0.2, -0.15) is 0 Å². The van der Waals surface area contributed by atoms with E-state index in [4.69, 9.17) is 4.74 Å². The minimum atomic E-state index is -2.91. The van der Waals surface area contributed by atoms with Crippen molar-refractivity contribution in [2.75, 3.05) is 29.5 Å². The van der Waals surface area contributed by atoms with Crippen molar-refractivity contribution in [3.8, 4) is 5.75 Å². The van der Waals surface area contributed by atoms with Gasteiger partial charge in [-0.3, -0.25) is 0 Å². The zero-order valence-corrected chi connectivity index (χ0v) is 18.3. The Morgan fingerprint density at radius 3 is 2.10 bits per heavy atom. The van der Waals surface area contributed by atoms with Crippen LogP contribution in [0, 0.1) is 0 Å². The number of unbranched alkanes of at least 4 members (excludes halogenated alkanes) is 7. The molecule has 1 fully saturated rings. The Morgan fingerprint density at radius 2 is 1.55 bits per heavy atom. The van der Waals surface area contributed by atoms with E-state index in [1.54, 1.807) is 12.1 Å². The Bertz CT molecular complexity index is 703. The van der Waals surface area contributed by atoms with E-state index >= 15 is 0 Å². The second kappa shape index (κ2) is 12.1. The molecular weight excluding hydrogens is 390 g/mol. The van der Waals surface area contributed by atoms with E-state index in [9.17, 15) is 18.3 Å². The fraction of sp³-hybridized carbons (Fsp3) is 0.682. The first kappa shape index (κ1) is 23.5. The lowest BCUT2D eigenvalue weighted by Crippen LogP contribution is -2.40. The van der Waals surface area contributed by atoms with Crippen molar-refractivity contribution in [1.29, 1.82) is 0 Å². The second-order valence-electron chi connectivity index (χ2n) is 7.84.